The molecule has 0 spiro atoms. The van der Waals surface area contributed by atoms with Gasteiger partial charge in [0.15, 0.2) is 0 Å². The van der Waals surface area contributed by atoms with Crippen LogP contribution < -0.4 is 19.1 Å². The molecule has 40 heavy (non-hydrogen) atoms. The summed E-state index contributed by atoms with van der Waals surface area (Å²) in [6, 6.07) is 22.0. The van der Waals surface area contributed by atoms with Crippen molar-refractivity contribution < 1.29 is 30.8 Å². The van der Waals surface area contributed by atoms with Gasteiger partial charge in [-0.05, 0) is 78.9 Å². The van der Waals surface area contributed by atoms with Gasteiger partial charge in [0.1, 0.15) is 18.1 Å². The number of sulfonamides is 2. The molecule has 0 unspecified atom stereocenters. The maximum absolute atomic E-state index is 13.6. The zero-order valence-corrected chi connectivity index (χ0v) is 23.3. The van der Waals surface area contributed by atoms with Crippen LogP contribution in [0.15, 0.2) is 107 Å². The van der Waals surface area contributed by atoms with Crippen molar-refractivity contribution in [3.8, 4) is 5.75 Å². The van der Waals surface area contributed by atoms with E-state index in [1.807, 2.05) is 0 Å². The second kappa shape index (κ2) is 11.9. The zero-order chi connectivity index (χ0) is 28.9. The van der Waals surface area contributed by atoms with Crippen LogP contribution in [-0.4, -0.2) is 36.4 Å². The van der Waals surface area contributed by atoms with E-state index >= 15 is 0 Å². The van der Waals surface area contributed by atoms with Crippen molar-refractivity contribution in [3.05, 3.63) is 108 Å². The molecule has 208 valence electrons. The number of hydrogen-bond acceptors (Lipinski definition) is 6. The van der Waals surface area contributed by atoms with Crippen LogP contribution in [0.25, 0.3) is 0 Å². The molecule has 0 radical (unpaired) electrons. The van der Waals surface area contributed by atoms with Gasteiger partial charge < -0.3 is 10.1 Å². The predicted molar refractivity (Wildman–Crippen MR) is 151 cm³/mol. The van der Waals surface area contributed by atoms with Crippen LogP contribution in [0.4, 0.5) is 21.5 Å². The van der Waals surface area contributed by atoms with Gasteiger partial charge in [-0.3, -0.25) is 13.8 Å². The second-order valence-electron chi connectivity index (χ2n) is 8.33. The Morgan fingerprint density at radius 3 is 2.10 bits per heavy atom. The average Bonchev–Trinajstić information content (AvgIpc) is 2.93. The number of hydrogen-bond donors (Lipinski definition) is 2. The number of benzene rings is 4. The first-order valence-corrected chi connectivity index (χ1v) is 14.9. The lowest BCUT2D eigenvalue weighted by Gasteiger charge is -2.26. The highest BCUT2D eigenvalue weighted by atomic mass is 35.5. The number of carbonyl (C=O) groups is 1. The number of nitrogens with one attached hydrogen (secondary N) is 2. The summed E-state index contributed by atoms with van der Waals surface area (Å²) < 4.78 is 74.1. The van der Waals surface area contributed by atoms with Crippen molar-refractivity contribution in [1.29, 1.82) is 0 Å². The topological polar surface area (TPSA) is 122 Å². The van der Waals surface area contributed by atoms with E-state index in [1.165, 1.54) is 73.8 Å². The normalized spacial score (nSPS) is 11.5. The smallest absolute Gasteiger partial charge is 0.264 e. The Morgan fingerprint density at radius 1 is 0.850 bits per heavy atom. The number of nitrogens with zero attached hydrogens (tertiary/aromatic N) is 1. The molecule has 13 heteroatoms. The van der Waals surface area contributed by atoms with Gasteiger partial charge in [0.05, 0.1) is 22.6 Å². The minimum atomic E-state index is -4.23. The van der Waals surface area contributed by atoms with Gasteiger partial charge in [-0.2, -0.15) is 0 Å². The van der Waals surface area contributed by atoms with E-state index in [2.05, 4.69) is 10.0 Å². The summed E-state index contributed by atoms with van der Waals surface area (Å²) in [6.07, 6.45) is 0. The average molecular weight is 604 g/mol. The van der Waals surface area contributed by atoms with E-state index in [0.29, 0.717) is 0 Å². The monoisotopic (exact) mass is 603 g/mol. The first-order chi connectivity index (χ1) is 19.0. The number of rotatable bonds is 10. The first kappa shape index (κ1) is 28.9. The molecule has 4 rings (SSSR count). The lowest BCUT2D eigenvalue weighted by atomic mass is 10.3. The van der Waals surface area contributed by atoms with Gasteiger partial charge in [0.25, 0.3) is 20.0 Å². The maximum Gasteiger partial charge on any atom is 0.264 e. The molecule has 0 aliphatic carbocycles. The number of anilines is 3. The molecular formula is C27H23ClFN3O6S2. The molecule has 1 amide bonds. The molecule has 0 fully saturated rings. The SMILES string of the molecule is COc1ccc(Cl)cc1N(CC(=O)Nc1ccc(S(=O)(=O)Nc2ccc(F)cc2)cc1)S(=O)(=O)c1ccccc1. The molecule has 0 bridgehead atoms. The Hall–Kier alpha value is -4.13. The Bertz CT molecular complexity index is 1720. The van der Waals surface area contributed by atoms with Crippen LogP contribution in [0.5, 0.6) is 5.75 Å². The summed E-state index contributed by atoms with van der Waals surface area (Å²) in [5.41, 5.74) is 0.457. The molecule has 0 aliphatic rings. The summed E-state index contributed by atoms with van der Waals surface area (Å²) in [5.74, 6) is -1.03. The Labute approximate surface area is 236 Å². The number of halogens is 2. The fraction of sp³-hybridized carbons (Fsp3) is 0.0741. The highest BCUT2D eigenvalue weighted by Gasteiger charge is 2.29. The molecule has 0 saturated heterocycles. The molecule has 2 N–H and O–H groups in total. The molecule has 0 aromatic heterocycles. The second-order valence-corrected chi connectivity index (χ2v) is 12.3. The van der Waals surface area contributed by atoms with Gasteiger partial charge >= 0.3 is 0 Å². The van der Waals surface area contributed by atoms with Crippen molar-refractivity contribution in [2.75, 3.05) is 28.0 Å². The van der Waals surface area contributed by atoms with Crippen LogP contribution in [-0.2, 0) is 24.8 Å². The number of amides is 1. The summed E-state index contributed by atoms with van der Waals surface area (Å²) in [4.78, 5) is 12.9. The van der Waals surface area contributed by atoms with E-state index in [-0.39, 0.29) is 37.6 Å². The quantitative estimate of drug-likeness (QED) is 0.259. The third kappa shape index (κ3) is 6.71. The Kier molecular flexibility index (Phi) is 8.62. The zero-order valence-electron chi connectivity index (χ0n) is 20.9. The molecule has 0 atom stereocenters. The van der Waals surface area contributed by atoms with Gasteiger partial charge in [0, 0.05) is 16.4 Å². The number of methoxy groups -OCH3 is 1. The Morgan fingerprint density at radius 2 is 1.48 bits per heavy atom. The molecule has 0 heterocycles. The molecule has 9 nitrogen and oxygen atoms in total. The van der Waals surface area contributed by atoms with Gasteiger partial charge in [-0.1, -0.05) is 29.8 Å². The van der Waals surface area contributed by atoms with Crippen LogP contribution in [0, 0.1) is 5.82 Å². The lowest BCUT2D eigenvalue weighted by molar-refractivity contribution is -0.114. The van der Waals surface area contributed by atoms with E-state index in [4.69, 9.17) is 16.3 Å². The molecular weight excluding hydrogens is 581 g/mol. The van der Waals surface area contributed by atoms with E-state index in [0.717, 1.165) is 16.4 Å². The van der Waals surface area contributed by atoms with Crippen molar-refractivity contribution in [2.45, 2.75) is 9.79 Å². The van der Waals surface area contributed by atoms with Crippen LogP contribution >= 0.6 is 11.6 Å². The van der Waals surface area contributed by atoms with Crippen molar-refractivity contribution in [3.63, 3.8) is 0 Å². The highest BCUT2D eigenvalue weighted by Crippen LogP contribution is 2.35. The third-order valence-electron chi connectivity index (χ3n) is 5.57. The largest absolute Gasteiger partial charge is 0.495 e. The summed E-state index contributed by atoms with van der Waals surface area (Å²) in [5, 5.41) is 2.81. The standard InChI is InChI=1S/C27H23ClFN3O6S2/c1-38-26-16-7-19(28)17-25(26)32(40(36,37)24-5-3-2-4-6-24)18-27(33)30-21-12-14-23(15-13-21)39(34,35)31-22-10-8-20(29)9-11-22/h2-17,31H,18H2,1H3,(H,30,33). The number of ether oxygens (including phenoxy) is 1. The van der Waals surface area contributed by atoms with Crippen molar-refractivity contribution in [2.24, 2.45) is 0 Å². The fourth-order valence-electron chi connectivity index (χ4n) is 3.66. The van der Waals surface area contributed by atoms with E-state index < -0.39 is 38.3 Å². The summed E-state index contributed by atoms with van der Waals surface area (Å²) in [7, 11) is -6.85. The molecule has 4 aromatic rings. The van der Waals surface area contributed by atoms with Crippen molar-refractivity contribution in [1.82, 2.24) is 0 Å². The summed E-state index contributed by atoms with van der Waals surface area (Å²) in [6.45, 7) is -0.639. The van der Waals surface area contributed by atoms with Gasteiger partial charge in [0.2, 0.25) is 5.91 Å². The fourth-order valence-corrected chi connectivity index (χ4v) is 6.33. The number of carbonyl (C=O) groups excluding carboxylic acids is 1. The Balaban J connectivity index is 1.56. The van der Waals surface area contributed by atoms with E-state index in [1.54, 1.807) is 18.2 Å². The van der Waals surface area contributed by atoms with Gasteiger partial charge in [-0.25, -0.2) is 21.2 Å². The van der Waals surface area contributed by atoms with E-state index in [9.17, 15) is 26.0 Å². The minimum absolute atomic E-state index is 0.0481. The molecule has 4 aromatic carbocycles. The summed E-state index contributed by atoms with van der Waals surface area (Å²) >= 11 is 6.14. The van der Waals surface area contributed by atoms with Crippen molar-refractivity contribution >= 4 is 54.6 Å². The highest BCUT2D eigenvalue weighted by molar-refractivity contribution is 7.93. The van der Waals surface area contributed by atoms with Crippen LogP contribution in [0.3, 0.4) is 0 Å². The third-order valence-corrected chi connectivity index (χ3v) is 8.98. The predicted octanol–water partition coefficient (Wildman–Crippen LogP) is 5.12. The maximum atomic E-state index is 13.6. The van der Waals surface area contributed by atoms with Crippen LogP contribution in [0.1, 0.15) is 0 Å². The van der Waals surface area contributed by atoms with Crippen LogP contribution in [0.2, 0.25) is 5.02 Å². The minimum Gasteiger partial charge on any atom is -0.495 e. The molecule has 0 aliphatic heterocycles. The lowest BCUT2D eigenvalue weighted by Crippen LogP contribution is -2.38. The first-order valence-electron chi connectivity index (χ1n) is 11.6. The molecule has 0 saturated carbocycles. The van der Waals surface area contributed by atoms with Gasteiger partial charge in [-0.15, -0.1) is 0 Å².